The average Bonchev–Trinajstić information content (AvgIpc) is 2.85. The lowest BCUT2D eigenvalue weighted by molar-refractivity contribution is 0.413. The number of nitrogens with one attached hydrogen (secondary N) is 1. The van der Waals surface area contributed by atoms with Crippen LogP contribution in [0.15, 0.2) is 41.0 Å². The van der Waals surface area contributed by atoms with Gasteiger partial charge in [-0.05, 0) is 49.1 Å². The van der Waals surface area contributed by atoms with Gasteiger partial charge in [0.2, 0.25) is 0 Å². The molecule has 19 heavy (non-hydrogen) atoms. The first-order valence-electron chi connectivity index (χ1n) is 7.09. The highest BCUT2D eigenvalue weighted by Gasteiger charge is 2.16. The van der Waals surface area contributed by atoms with E-state index in [1.165, 1.54) is 16.7 Å². The Labute approximate surface area is 115 Å². The minimum Gasteiger partial charge on any atom is -0.467 e. The predicted molar refractivity (Wildman–Crippen MR) is 79.4 cm³/mol. The van der Waals surface area contributed by atoms with Crippen LogP contribution in [-0.2, 0) is 12.8 Å². The average molecular weight is 257 g/mol. The number of rotatable bonds is 6. The highest BCUT2D eigenvalue weighted by Crippen LogP contribution is 2.22. The molecule has 0 radical (unpaired) electrons. The first-order valence-corrected chi connectivity index (χ1v) is 7.09. The Bertz CT molecular complexity index is 498. The largest absolute Gasteiger partial charge is 0.467 e. The van der Waals surface area contributed by atoms with E-state index in [0.717, 1.165) is 25.1 Å². The monoisotopic (exact) mass is 257 g/mol. The SMILES string of the molecule is CCNC(Cc1ccc(CC)cc1)c1occc1C. The molecule has 2 heteroatoms. The second kappa shape index (κ2) is 6.58. The molecular formula is C17H23NO. The highest BCUT2D eigenvalue weighted by molar-refractivity contribution is 5.26. The summed E-state index contributed by atoms with van der Waals surface area (Å²) in [5.41, 5.74) is 3.95. The van der Waals surface area contributed by atoms with Gasteiger partial charge >= 0.3 is 0 Å². The number of benzene rings is 1. The summed E-state index contributed by atoms with van der Waals surface area (Å²) in [5, 5.41) is 3.51. The Kier molecular flexibility index (Phi) is 4.80. The van der Waals surface area contributed by atoms with Gasteiger partial charge in [-0.2, -0.15) is 0 Å². The first kappa shape index (κ1) is 13.9. The fourth-order valence-electron chi connectivity index (χ4n) is 2.39. The van der Waals surface area contributed by atoms with Crippen LogP contribution in [0.1, 0.15) is 42.3 Å². The lowest BCUT2D eigenvalue weighted by Crippen LogP contribution is -2.23. The van der Waals surface area contributed by atoms with Crippen LogP contribution in [0.3, 0.4) is 0 Å². The molecule has 2 nitrogen and oxygen atoms in total. The van der Waals surface area contributed by atoms with Gasteiger partial charge in [0, 0.05) is 0 Å². The zero-order chi connectivity index (χ0) is 13.7. The lowest BCUT2D eigenvalue weighted by Gasteiger charge is -2.17. The Morgan fingerprint density at radius 3 is 2.26 bits per heavy atom. The maximum Gasteiger partial charge on any atom is 0.123 e. The zero-order valence-corrected chi connectivity index (χ0v) is 12.1. The van der Waals surface area contributed by atoms with Crippen LogP contribution >= 0.6 is 0 Å². The summed E-state index contributed by atoms with van der Waals surface area (Å²) in [6.07, 6.45) is 3.83. The fourth-order valence-corrected chi connectivity index (χ4v) is 2.39. The molecule has 0 amide bonds. The van der Waals surface area contributed by atoms with Gasteiger partial charge in [0.15, 0.2) is 0 Å². The quantitative estimate of drug-likeness (QED) is 0.844. The van der Waals surface area contributed by atoms with Crippen LogP contribution in [0.25, 0.3) is 0 Å². The van der Waals surface area contributed by atoms with Gasteiger partial charge < -0.3 is 9.73 Å². The lowest BCUT2D eigenvalue weighted by atomic mass is 10.0. The van der Waals surface area contributed by atoms with Crippen molar-refractivity contribution in [3.63, 3.8) is 0 Å². The summed E-state index contributed by atoms with van der Waals surface area (Å²) in [7, 11) is 0. The van der Waals surface area contributed by atoms with Crippen LogP contribution in [-0.4, -0.2) is 6.54 Å². The van der Waals surface area contributed by atoms with E-state index < -0.39 is 0 Å². The molecule has 1 unspecified atom stereocenters. The normalized spacial score (nSPS) is 12.6. The van der Waals surface area contributed by atoms with Gasteiger partial charge in [-0.3, -0.25) is 0 Å². The number of aryl methyl sites for hydroxylation is 2. The maximum absolute atomic E-state index is 5.63. The number of hydrogen-bond acceptors (Lipinski definition) is 2. The van der Waals surface area contributed by atoms with E-state index in [2.05, 4.69) is 50.4 Å². The van der Waals surface area contributed by atoms with E-state index in [1.807, 2.05) is 6.07 Å². The Morgan fingerprint density at radius 1 is 1.05 bits per heavy atom. The molecule has 0 aliphatic heterocycles. The zero-order valence-electron chi connectivity index (χ0n) is 12.1. The third kappa shape index (κ3) is 3.48. The number of furan rings is 1. The van der Waals surface area contributed by atoms with Crippen molar-refractivity contribution in [2.75, 3.05) is 6.54 Å². The second-order valence-corrected chi connectivity index (χ2v) is 4.95. The van der Waals surface area contributed by atoms with E-state index in [-0.39, 0.29) is 6.04 Å². The van der Waals surface area contributed by atoms with Crippen molar-refractivity contribution >= 4 is 0 Å². The molecule has 1 aromatic carbocycles. The van der Waals surface area contributed by atoms with Crippen molar-refractivity contribution in [3.05, 3.63) is 59.0 Å². The van der Waals surface area contributed by atoms with Gasteiger partial charge in [-0.15, -0.1) is 0 Å². The molecule has 0 fully saturated rings. The van der Waals surface area contributed by atoms with Gasteiger partial charge in [0.05, 0.1) is 12.3 Å². The molecule has 102 valence electrons. The van der Waals surface area contributed by atoms with Crippen molar-refractivity contribution in [1.29, 1.82) is 0 Å². The van der Waals surface area contributed by atoms with Gasteiger partial charge in [-0.1, -0.05) is 38.1 Å². The molecule has 0 saturated heterocycles. The molecule has 1 heterocycles. The molecule has 0 aliphatic carbocycles. The Balaban J connectivity index is 2.14. The summed E-state index contributed by atoms with van der Waals surface area (Å²) in [4.78, 5) is 0. The molecular weight excluding hydrogens is 234 g/mol. The number of likely N-dealkylation sites (N-methyl/N-ethyl adjacent to an activating group) is 1. The van der Waals surface area contributed by atoms with E-state index in [9.17, 15) is 0 Å². The van der Waals surface area contributed by atoms with E-state index in [1.54, 1.807) is 6.26 Å². The number of hydrogen-bond donors (Lipinski definition) is 1. The summed E-state index contributed by atoms with van der Waals surface area (Å²) in [5.74, 6) is 1.06. The molecule has 0 aliphatic rings. The second-order valence-electron chi connectivity index (χ2n) is 4.95. The molecule has 0 spiro atoms. The molecule has 0 bridgehead atoms. The van der Waals surface area contributed by atoms with E-state index in [0.29, 0.717) is 0 Å². The van der Waals surface area contributed by atoms with E-state index >= 15 is 0 Å². The first-order chi connectivity index (χ1) is 9.24. The van der Waals surface area contributed by atoms with Crippen LogP contribution < -0.4 is 5.32 Å². The molecule has 2 rings (SSSR count). The molecule has 1 aromatic heterocycles. The summed E-state index contributed by atoms with van der Waals surface area (Å²) >= 11 is 0. The van der Waals surface area contributed by atoms with Gasteiger partial charge in [0.25, 0.3) is 0 Å². The minimum absolute atomic E-state index is 0.257. The molecule has 2 aromatic rings. The van der Waals surface area contributed by atoms with Gasteiger partial charge in [-0.25, -0.2) is 0 Å². The van der Waals surface area contributed by atoms with Crippen molar-refractivity contribution in [1.82, 2.24) is 5.32 Å². The minimum atomic E-state index is 0.257. The maximum atomic E-state index is 5.63. The van der Waals surface area contributed by atoms with E-state index in [4.69, 9.17) is 4.42 Å². The third-order valence-electron chi connectivity index (χ3n) is 3.54. The van der Waals surface area contributed by atoms with Crippen LogP contribution in [0, 0.1) is 6.92 Å². The summed E-state index contributed by atoms with van der Waals surface area (Å²) < 4.78 is 5.63. The fraction of sp³-hybridized carbons (Fsp3) is 0.412. The third-order valence-corrected chi connectivity index (χ3v) is 3.54. The van der Waals surface area contributed by atoms with Crippen molar-refractivity contribution < 1.29 is 4.42 Å². The van der Waals surface area contributed by atoms with Crippen molar-refractivity contribution in [2.24, 2.45) is 0 Å². The molecule has 0 saturated carbocycles. The Hall–Kier alpha value is -1.54. The topological polar surface area (TPSA) is 25.2 Å². The highest BCUT2D eigenvalue weighted by atomic mass is 16.3. The molecule has 1 atom stereocenters. The predicted octanol–water partition coefficient (Wildman–Crippen LogP) is 4.04. The summed E-state index contributed by atoms with van der Waals surface area (Å²) in [6, 6.07) is 11.2. The Morgan fingerprint density at radius 2 is 1.74 bits per heavy atom. The van der Waals surface area contributed by atoms with Crippen molar-refractivity contribution in [2.45, 2.75) is 39.7 Å². The van der Waals surface area contributed by atoms with Gasteiger partial charge in [0.1, 0.15) is 5.76 Å². The standard InChI is InChI=1S/C17H23NO/c1-4-14-6-8-15(9-7-14)12-16(18-5-2)17-13(3)10-11-19-17/h6-11,16,18H,4-5,12H2,1-3H3. The smallest absolute Gasteiger partial charge is 0.123 e. The van der Waals surface area contributed by atoms with Crippen LogP contribution in [0.5, 0.6) is 0 Å². The van der Waals surface area contributed by atoms with Crippen molar-refractivity contribution in [3.8, 4) is 0 Å². The molecule has 1 N–H and O–H groups in total. The van der Waals surface area contributed by atoms with Crippen LogP contribution in [0.2, 0.25) is 0 Å². The summed E-state index contributed by atoms with van der Waals surface area (Å²) in [6.45, 7) is 7.36. The van der Waals surface area contributed by atoms with Crippen LogP contribution in [0.4, 0.5) is 0 Å².